The van der Waals surface area contributed by atoms with Gasteiger partial charge in [-0.1, -0.05) is 0 Å². The van der Waals surface area contributed by atoms with Crippen LogP contribution in [-0.2, 0) is 0 Å². The summed E-state index contributed by atoms with van der Waals surface area (Å²) in [4.78, 5) is 10.9. The lowest BCUT2D eigenvalue weighted by molar-refractivity contribution is 0.959. The Balaban J connectivity index is 2.72. The molecule has 0 amide bonds. The average molecular weight is 246 g/mol. The fraction of sp³-hybridized carbons (Fsp3) is 0.125. The van der Waals surface area contributed by atoms with Crippen molar-refractivity contribution in [2.24, 2.45) is 0 Å². The average Bonchev–Trinajstić information content (AvgIpc) is 2.60. The Kier molecular flexibility index (Phi) is 0.875. The van der Waals surface area contributed by atoms with Gasteiger partial charge in [-0.15, -0.1) is 0 Å². The van der Waals surface area contributed by atoms with E-state index in [2.05, 4.69) is 30.9 Å². The van der Waals surface area contributed by atoms with E-state index in [9.17, 15) is 0 Å². The van der Waals surface area contributed by atoms with Gasteiger partial charge >= 0.3 is 0 Å². The summed E-state index contributed by atoms with van der Waals surface area (Å²) in [5.41, 5.74) is -0.547. The first kappa shape index (κ1) is 3.49. The van der Waals surface area contributed by atoms with Gasteiger partial charge in [0.1, 0.15) is 12.3 Å². The molecule has 0 unspecified atom stereocenters. The van der Waals surface area contributed by atoms with E-state index in [4.69, 9.17) is 9.60 Å². The lowest BCUT2D eigenvalue weighted by Crippen LogP contribution is -1.95. The van der Waals surface area contributed by atoms with E-state index in [1.165, 1.54) is 0 Å². The molecule has 0 aliphatic heterocycles. The largest absolute Gasteiger partial charge is 0.289 e. The Hall–Kier alpha value is -1.23. The number of rotatable bonds is 1. The van der Waals surface area contributed by atoms with Crippen molar-refractivity contribution < 1.29 is 9.60 Å². The minimum Gasteiger partial charge on any atom is -0.289 e. The molecule has 0 aliphatic rings. The molecule has 2 heterocycles. The molecule has 0 bridgehead atoms. The maximum Gasteiger partial charge on any atom is 0.157 e. The van der Waals surface area contributed by atoms with Gasteiger partial charge in [0.15, 0.2) is 5.82 Å². The minimum atomic E-state index is -2.64. The third-order valence-corrected chi connectivity index (χ3v) is 1.55. The molecule has 2 aromatic heterocycles. The lowest BCUT2D eigenvalue weighted by Gasteiger charge is -1.98. The number of aromatic nitrogens is 4. The summed E-state index contributed by atoms with van der Waals surface area (Å²) in [6, 6.07) is 0. The van der Waals surface area contributed by atoms with Crippen LogP contribution < -0.4 is 0 Å². The molecule has 4 nitrogen and oxygen atoms in total. The second-order valence-corrected chi connectivity index (χ2v) is 2.82. The van der Waals surface area contributed by atoms with Gasteiger partial charge in [-0.3, -0.25) is 9.55 Å². The summed E-state index contributed by atoms with van der Waals surface area (Å²) in [5, 5.41) is 0. The Bertz CT molecular complexity index is 680. The van der Waals surface area contributed by atoms with E-state index in [1.54, 1.807) is 0 Å². The van der Waals surface area contributed by atoms with Crippen LogP contribution in [0.4, 0.5) is 0 Å². The summed E-state index contributed by atoms with van der Waals surface area (Å²) in [6.07, 6.45) is -1.81. The van der Waals surface area contributed by atoms with Crippen LogP contribution in [0.3, 0.4) is 0 Å². The van der Waals surface area contributed by atoms with Gasteiger partial charge in [-0.05, 0) is 22.8 Å². The Labute approximate surface area is 93.6 Å². The number of imidazole rings is 1. The fourth-order valence-electron chi connectivity index (χ4n) is 0.723. The summed E-state index contributed by atoms with van der Waals surface area (Å²) < 4.78 is 53.0. The highest BCUT2D eigenvalue weighted by atomic mass is 79.9. The predicted octanol–water partition coefficient (Wildman–Crippen LogP) is 1.73. The highest BCUT2D eigenvalue weighted by molar-refractivity contribution is 9.10. The zero-order chi connectivity index (χ0) is 15.2. The summed E-state index contributed by atoms with van der Waals surface area (Å²) in [6.45, 7) is -2.64. The van der Waals surface area contributed by atoms with E-state index < -0.39 is 31.2 Å². The molecule has 0 fully saturated rings. The zero-order valence-corrected chi connectivity index (χ0v) is 7.75. The van der Waals surface area contributed by atoms with E-state index in [0.717, 1.165) is 4.57 Å². The van der Waals surface area contributed by atoms with Crippen molar-refractivity contribution in [2.45, 2.75) is 6.85 Å². The summed E-state index contributed by atoms with van der Waals surface area (Å²) >= 11 is 2.96. The Morgan fingerprint density at radius 3 is 3.31 bits per heavy atom. The van der Waals surface area contributed by atoms with Crippen LogP contribution in [0.2, 0.25) is 0 Å². The summed E-state index contributed by atoms with van der Waals surface area (Å²) in [5.74, 6) is -0.231. The maximum atomic E-state index is 7.79. The van der Waals surface area contributed by atoms with Gasteiger partial charge in [0.2, 0.25) is 0 Å². The first-order chi connectivity index (χ1) is 9.12. The van der Waals surface area contributed by atoms with Crippen LogP contribution in [0.25, 0.3) is 5.82 Å². The number of halogens is 1. The first-order valence-electron chi connectivity index (χ1n) is 6.70. The van der Waals surface area contributed by atoms with Crippen molar-refractivity contribution in [2.75, 3.05) is 0 Å². The molecule has 0 aromatic carbocycles. The second-order valence-electron chi connectivity index (χ2n) is 2.07. The monoisotopic (exact) mass is 245 g/mol. The van der Waals surface area contributed by atoms with Crippen LogP contribution in [0.1, 0.15) is 15.3 Å². The quantitative estimate of drug-likeness (QED) is 0.769. The molecule has 0 N–H and O–H groups in total. The molecule has 0 saturated heterocycles. The van der Waals surface area contributed by atoms with Crippen molar-refractivity contribution in [1.82, 2.24) is 19.5 Å². The third-order valence-electron chi connectivity index (χ3n) is 1.20. The van der Waals surface area contributed by atoms with Gasteiger partial charge in [-0.25, -0.2) is 9.97 Å². The topological polar surface area (TPSA) is 43.6 Å². The Morgan fingerprint density at radius 2 is 2.54 bits per heavy atom. The van der Waals surface area contributed by atoms with Crippen LogP contribution in [0.5, 0.6) is 0 Å². The molecule has 5 heteroatoms. The first-order valence-corrected chi connectivity index (χ1v) is 3.99. The van der Waals surface area contributed by atoms with Gasteiger partial charge in [0.25, 0.3) is 0 Å². The maximum absolute atomic E-state index is 7.79. The lowest BCUT2D eigenvalue weighted by atomic mass is 10.5. The van der Waals surface area contributed by atoms with Gasteiger partial charge in [-0.2, -0.15) is 0 Å². The molecule has 0 aliphatic carbocycles. The smallest absolute Gasteiger partial charge is 0.157 e. The molecule has 2 aromatic rings. The number of aryl methyl sites for hydroxylation is 1. The van der Waals surface area contributed by atoms with Crippen molar-refractivity contribution in [1.29, 1.82) is 0 Å². The molecule has 0 saturated carbocycles. The molecule has 2 rings (SSSR count). The van der Waals surface area contributed by atoms with Gasteiger partial charge < -0.3 is 0 Å². The zero-order valence-electron chi connectivity index (χ0n) is 13.2. The molecule has 0 atom stereocenters. The molecule has 13 heavy (non-hydrogen) atoms. The molecule has 0 radical (unpaired) electrons. The number of nitrogens with zero attached hydrogens (tertiary/aromatic N) is 4. The van der Waals surface area contributed by atoms with Crippen molar-refractivity contribution in [3.8, 4) is 5.82 Å². The van der Waals surface area contributed by atoms with Crippen LogP contribution in [0, 0.1) is 6.85 Å². The van der Waals surface area contributed by atoms with Crippen LogP contribution in [0.15, 0.2) is 29.4 Å². The van der Waals surface area contributed by atoms with Crippen LogP contribution >= 0.6 is 15.9 Å². The normalized spacial score (nSPS) is 19.0. The van der Waals surface area contributed by atoms with Crippen molar-refractivity contribution in [3.63, 3.8) is 0 Å². The fourth-order valence-corrected chi connectivity index (χ4v) is 0.980. The van der Waals surface area contributed by atoms with Gasteiger partial charge in [0, 0.05) is 10.3 Å². The summed E-state index contributed by atoms with van der Waals surface area (Å²) in [7, 11) is 0. The molecular weight excluding hydrogens is 232 g/mol. The van der Waals surface area contributed by atoms with Gasteiger partial charge in [0.05, 0.1) is 22.2 Å². The SMILES string of the molecule is [2H]c1nc([2H])c(-n2c([2H])nc(C([2H])([2H])[2H])c2[2H])nc1Br. The number of hydrogen-bond acceptors (Lipinski definition) is 3. The molecular formula is C8H7BrN4. The van der Waals surface area contributed by atoms with Crippen molar-refractivity contribution >= 4 is 15.9 Å². The highest BCUT2D eigenvalue weighted by Crippen LogP contribution is 2.08. The van der Waals surface area contributed by atoms with E-state index in [-0.39, 0.29) is 16.6 Å². The van der Waals surface area contributed by atoms with E-state index in [1.807, 2.05) is 0 Å². The minimum absolute atomic E-state index is 0.0198. The molecule has 0 spiro atoms. The highest BCUT2D eigenvalue weighted by Gasteiger charge is 1.99. The van der Waals surface area contributed by atoms with Crippen molar-refractivity contribution in [3.05, 3.63) is 35.1 Å². The third kappa shape index (κ3) is 1.75. The van der Waals surface area contributed by atoms with E-state index >= 15 is 0 Å². The molecule has 66 valence electrons. The van der Waals surface area contributed by atoms with Crippen LogP contribution in [-0.4, -0.2) is 19.5 Å². The van der Waals surface area contributed by atoms with E-state index in [0.29, 0.717) is 0 Å². The predicted molar refractivity (Wildman–Crippen MR) is 51.6 cm³/mol. The second kappa shape index (κ2) is 3.26. The number of hydrogen-bond donors (Lipinski definition) is 0. The standard InChI is InChI=1S/C8H7BrN4/c1-6-4-13(5-11-6)8-3-10-2-7(9)12-8/h2-5H,1H3/i1D3,2D,3D,4D,5D. The Morgan fingerprint density at radius 1 is 1.62 bits per heavy atom.